The van der Waals surface area contributed by atoms with Crippen LogP contribution in [0.25, 0.3) is 0 Å². The van der Waals surface area contributed by atoms with Gasteiger partial charge in [-0.2, -0.15) is 0 Å². The maximum absolute atomic E-state index is 14.0. The van der Waals surface area contributed by atoms with E-state index in [4.69, 9.17) is 0 Å². The van der Waals surface area contributed by atoms with Gasteiger partial charge in [0.1, 0.15) is 6.23 Å². The molecule has 1 saturated heterocycles. The number of piperidine rings is 1. The summed E-state index contributed by atoms with van der Waals surface area (Å²) in [6.07, 6.45) is 0.810. The first kappa shape index (κ1) is 22.6. The molecule has 2 aromatic rings. The summed E-state index contributed by atoms with van der Waals surface area (Å²) in [6, 6.07) is 12.0. The second kappa shape index (κ2) is 9.23. The van der Waals surface area contributed by atoms with Crippen LogP contribution in [0.3, 0.4) is 0 Å². The minimum atomic E-state index is -1.21. The molecule has 1 heterocycles. The van der Waals surface area contributed by atoms with Crippen LogP contribution in [0.4, 0.5) is 4.39 Å². The molecule has 0 bridgehead atoms. The lowest BCUT2D eigenvalue weighted by Gasteiger charge is -2.48. The number of aryl methyl sites for hydroxylation is 1. The molecule has 1 aliphatic heterocycles. The van der Waals surface area contributed by atoms with Gasteiger partial charge in [0.25, 0.3) is 0 Å². The Labute approximate surface area is 172 Å². The molecule has 3 unspecified atom stereocenters. The highest BCUT2D eigenvalue weighted by molar-refractivity contribution is 5.85. The Balaban J connectivity index is 0.00000280. The van der Waals surface area contributed by atoms with Crippen molar-refractivity contribution in [2.75, 3.05) is 13.1 Å². The second-order valence-corrected chi connectivity index (χ2v) is 7.65. The van der Waals surface area contributed by atoms with Crippen LogP contribution in [0.1, 0.15) is 42.4 Å². The number of phenolic OH excluding ortho intramolecular Hbond substituents is 1. The van der Waals surface area contributed by atoms with Crippen LogP contribution < -0.4 is 0 Å². The van der Waals surface area contributed by atoms with Crippen LogP contribution in [0.2, 0.25) is 0 Å². The highest BCUT2D eigenvalue weighted by Crippen LogP contribution is 2.42. The van der Waals surface area contributed by atoms with Gasteiger partial charge in [-0.3, -0.25) is 4.90 Å². The van der Waals surface area contributed by atoms with Crippen LogP contribution >= 0.6 is 12.4 Å². The van der Waals surface area contributed by atoms with Crippen molar-refractivity contribution in [1.82, 2.24) is 4.90 Å². The lowest BCUT2D eigenvalue weighted by atomic mass is 9.72. The molecule has 3 atom stereocenters. The van der Waals surface area contributed by atoms with Crippen LogP contribution in [0, 0.1) is 12.7 Å². The van der Waals surface area contributed by atoms with Gasteiger partial charge in [-0.15, -0.1) is 12.4 Å². The Morgan fingerprint density at radius 2 is 1.86 bits per heavy atom. The zero-order chi connectivity index (χ0) is 19.6. The van der Waals surface area contributed by atoms with E-state index in [2.05, 4.69) is 0 Å². The van der Waals surface area contributed by atoms with Gasteiger partial charge in [0, 0.05) is 19.5 Å². The van der Waals surface area contributed by atoms with Gasteiger partial charge >= 0.3 is 0 Å². The van der Waals surface area contributed by atoms with Gasteiger partial charge < -0.3 is 15.3 Å². The summed E-state index contributed by atoms with van der Waals surface area (Å²) in [7, 11) is 0. The zero-order valence-corrected chi connectivity index (χ0v) is 17.1. The fourth-order valence-corrected chi connectivity index (χ4v) is 4.10. The van der Waals surface area contributed by atoms with E-state index in [9.17, 15) is 19.7 Å². The highest BCUT2D eigenvalue weighted by atomic mass is 35.5. The van der Waals surface area contributed by atoms with Crippen LogP contribution in [0.5, 0.6) is 5.75 Å². The molecule has 2 aromatic carbocycles. The number of halogens is 2. The Bertz CT molecular complexity index is 786. The molecule has 154 valence electrons. The number of rotatable bonds is 5. The van der Waals surface area contributed by atoms with E-state index in [1.165, 1.54) is 12.1 Å². The molecule has 1 fully saturated rings. The van der Waals surface area contributed by atoms with Crippen molar-refractivity contribution in [3.05, 3.63) is 65.0 Å². The summed E-state index contributed by atoms with van der Waals surface area (Å²) in [6.45, 7) is 5.33. The SMILES string of the molecule is CCCN1CCC(O)(Cc2ccc(C)cc2)C(c2ccc(O)c(F)c2)C1O.Cl. The van der Waals surface area contributed by atoms with Crippen molar-refractivity contribution in [1.29, 1.82) is 0 Å². The molecular weight excluding hydrogens is 381 g/mol. The van der Waals surface area contributed by atoms with Gasteiger partial charge in [0.05, 0.1) is 11.5 Å². The van der Waals surface area contributed by atoms with E-state index in [1.54, 1.807) is 6.07 Å². The van der Waals surface area contributed by atoms with Crippen LogP contribution in [-0.2, 0) is 6.42 Å². The molecular formula is C22H29ClFNO3. The standard InChI is InChI=1S/C22H28FNO3.ClH/c1-3-11-24-12-10-22(27,14-16-6-4-15(2)5-7-16)20(21(24)26)17-8-9-19(25)18(23)13-17;/h4-9,13,20-21,25-27H,3,10-12,14H2,1-2H3;1H. The van der Waals surface area contributed by atoms with Crippen molar-refractivity contribution in [2.24, 2.45) is 0 Å². The fraction of sp³-hybridized carbons (Fsp3) is 0.455. The molecule has 4 nitrogen and oxygen atoms in total. The summed E-state index contributed by atoms with van der Waals surface area (Å²) >= 11 is 0. The zero-order valence-electron chi connectivity index (χ0n) is 16.3. The highest BCUT2D eigenvalue weighted by Gasteiger charge is 2.47. The molecule has 1 aliphatic rings. The van der Waals surface area contributed by atoms with Gasteiger partial charge in [-0.05, 0) is 43.0 Å². The minimum Gasteiger partial charge on any atom is -0.505 e. The lowest BCUT2D eigenvalue weighted by Crippen LogP contribution is -2.57. The van der Waals surface area contributed by atoms with Crippen molar-refractivity contribution < 1.29 is 19.7 Å². The van der Waals surface area contributed by atoms with Gasteiger partial charge in [-0.25, -0.2) is 4.39 Å². The normalized spacial score (nSPS) is 25.3. The molecule has 0 aliphatic carbocycles. The third-order valence-electron chi connectivity index (χ3n) is 5.56. The first-order valence-corrected chi connectivity index (χ1v) is 9.52. The largest absolute Gasteiger partial charge is 0.505 e. The number of hydrogen-bond acceptors (Lipinski definition) is 4. The number of nitrogens with zero attached hydrogens (tertiary/aromatic N) is 1. The van der Waals surface area contributed by atoms with Crippen molar-refractivity contribution >= 4 is 12.4 Å². The molecule has 3 rings (SSSR count). The average Bonchev–Trinajstić information content (AvgIpc) is 2.63. The summed E-state index contributed by atoms with van der Waals surface area (Å²) < 4.78 is 14.0. The molecule has 0 amide bonds. The monoisotopic (exact) mass is 409 g/mol. The smallest absolute Gasteiger partial charge is 0.165 e. The van der Waals surface area contributed by atoms with E-state index in [-0.39, 0.29) is 12.4 Å². The topological polar surface area (TPSA) is 63.9 Å². The van der Waals surface area contributed by atoms with Gasteiger partial charge in [0.15, 0.2) is 11.6 Å². The summed E-state index contributed by atoms with van der Waals surface area (Å²) in [5, 5.41) is 32.1. The molecule has 0 radical (unpaired) electrons. The fourth-order valence-electron chi connectivity index (χ4n) is 4.10. The van der Waals surface area contributed by atoms with E-state index in [1.807, 2.05) is 43.0 Å². The summed E-state index contributed by atoms with van der Waals surface area (Å²) in [5.41, 5.74) is 1.40. The Hall–Kier alpha value is -1.66. The Morgan fingerprint density at radius 3 is 2.46 bits per heavy atom. The number of phenols is 1. The number of aliphatic hydroxyl groups is 2. The van der Waals surface area contributed by atoms with Crippen molar-refractivity contribution in [3.8, 4) is 5.75 Å². The molecule has 6 heteroatoms. The number of hydrogen-bond donors (Lipinski definition) is 3. The number of likely N-dealkylation sites (tertiary alicyclic amines) is 1. The van der Waals surface area contributed by atoms with Crippen molar-refractivity contribution in [3.63, 3.8) is 0 Å². The second-order valence-electron chi connectivity index (χ2n) is 7.65. The number of benzene rings is 2. The molecule has 0 aromatic heterocycles. The third kappa shape index (κ3) is 4.66. The first-order chi connectivity index (χ1) is 12.8. The van der Waals surface area contributed by atoms with Gasteiger partial charge in [0.2, 0.25) is 0 Å². The van der Waals surface area contributed by atoms with E-state index >= 15 is 0 Å². The average molecular weight is 410 g/mol. The van der Waals surface area contributed by atoms with E-state index in [0.29, 0.717) is 31.5 Å². The molecule has 3 N–H and O–H groups in total. The third-order valence-corrected chi connectivity index (χ3v) is 5.56. The predicted octanol–water partition coefficient (Wildman–Crippen LogP) is 3.75. The Morgan fingerprint density at radius 1 is 1.18 bits per heavy atom. The van der Waals surface area contributed by atoms with Crippen LogP contribution in [0.15, 0.2) is 42.5 Å². The Kier molecular flexibility index (Phi) is 7.46. The maximum atomic E-state index is 14.0. The number of aliphatic hydroxyl groups excluding tert-OH is 1. The first-order valence-electron chi connectivity index (χ1n) is 9.52. The minimum absolute atomic E-state index is 0. The molecule has 0 saturated carbocycles. The number of aromatic hydroxyl groups is 1. The molecule has 0 spiro atoms. The van der Waals surface area contributed by atoms with Crippen molar-refractivity contribution in [2.45, 2.75) is 50.9 Å². The summed E-state index contributed by atoms with van der Waals surface area (Å²) in [5.74, 6) is -1.85. The van der Waals surface area contributed by atoms with Gasteiger partial charge in [-0.1, -0.05) is 42.8 Å². The summed E-state index contributed by atoms with van der Waals surface area (Å²) in [4.78, 5) is 1.93. The predicted molar refractivity (Wildman–Crippen MR) is 110 cm³/mol. The molecule has 28 heavy (non-hydrogen) atoms. The maximum Gasteiger partial charge on any atom is 0.165 e. The van der Waals surface area contributed by atoms with E-state index < -0.39 is 29.3 Å². The lowest BCUT2D eigenvalue weighted by molar-refractivity contribution is -0.136. The van der Waals surface area contributed by atoms with Crippen LogP contribution in [-0.4, -0.2) is 45.1 Å². The quantitative estimate of drug-likeness (QED) is 0.703. The van der Waals surface area contributed by atoms with E-state index in [0.717, 1.165) is 17.5 Å².